The van der Waals surface area contributed by atoms with Crippen LogP contribution in [0.1, 0.15) is 11.4 Å². The molecule has 1 aromatic heterocycles. The third-order valence-corrected chi connectivity index (χ3v) is 3.49. The molecule has 0 aliphatic heterocycles. The average Bonchev–Trinajstić information content (AvgIpc) is 2.34. The summed E-state index contributed by atoms with van der Waals surface area (Å²) in [6, 6.07) is 7.75. The highest BCUT2D eigenvalue weighted by atomic mass is 79.9. The number of aromatic nitrogens is 2. The molecule has 0 amide bonds. The molecular formula is C12H14BrN5. The highest BCUT2D eigenvalue weighted by Gasteiger charge is 2.05. The molecule has 1 aromatic carbocycles. The standard InChI is InChI=1S/C12H14BrN5/c1-7-4-3-5-9(12(7)13)17-10-6-11(18-14)16-8(2)15-10/h3-6H,14H2,1-2H3,(H2,15,16,17,18). The van der Waals surface area contributed by atoms with Gasteiger partial charge >= 0.3 is 0 Å². The lowest BCUT2D eigenvalue weighted by molar-refractivity contribution is 1.05. The van der Waals surface area contributed by atoms with Crippen LogP contribution in [0.3, 0.4) is 0 Å². The molecule has 0 aliphatic carbocycles. The third kappa shape index (κ3) is 2.77. The summed E-state index contributed by atoms with van der Waals surface area (Å²) in [6.45, 7) is 3.85. The number of nitrogens with zero attached hydrogens (tertiary/aromatic N) is 2. The van der Waals surface area contributed by atoms with E-state index in [0.29, 0.717) is 17.5 Å². The Morgan fingerprint density at radius 3 is 2.61 bits per heavy atom. The van der Waals surface area contributed by atoms with E-state index in [1.165, 1.54) is 0 Å². The Bertz CT molecular complexity index is 570. The van der Waals surface area contributed by atoms with Gasteiger partial charge in [-0.25, -0.2) is 15.8 Å². The molecule has 0 unspecified atom stereocenters. The number of benzene rings is 1. The molecule has 0 aliphatic rings. The van der Waals surface area contributed by atoms with Crippen molar-refractivity contribution in [3.63, 3.8) is 0 Å². The van der Waals surface area contributed by atoms with Gasteiger partial charge in [-0.1, -0.05) is 12.1 Å². The molecule has 2 rings (SSSR count). The minimum absolute atomic E-state index is 0.578. The van der Waals surface area contributed by atoms with Gasteiger partial charge in [0.15, 0.2) is 0 Å². The van der Waals surface area contributed by atoms with Crippen LogP contribution in [0, 0.1) is 13.8 Å². The fourth-order valence-electron chi connectivity index (χ4n) is 1.59. The zero-order valence-electron chi connectivity index (χ0n) is 10.2. The molecule has 94 valence electrons. The summed E-state index contributed by atoms with van der Waals surface area (Å²) in [5, 5.41) is 3.24. The fraction of sp³-hybridized carbons (Fsp3) is 0.167. The van der Waals surface area contributed by atoms with Gasteiger partial charge < -0.3 is 10.7 Å². The quantitative estimate of drug-likeness (QED) is 0.600. The van der Waals surface area contributed by atoms with Crippen LogP contribution in [0.2, 0.25) is 0 Å². The molecule has 0 saturated carbocycles. The molecule has 2 aromatic rings. The molecular weight excluding hydrogens is 294 g/mol. The number of hydrogen-bond donors (Lipinski definition) is 3. The van der Waals surface area contributed by atoms with Crippen molar-refractivity contribution >= 4 is 33.3 Å². The largest absolute Gasteiger partial charge is 0.339 e. The van der Waals surface area contributed by atoms with E-state index >= 15 is 0 Å². The number of hydrogen-bond acceptors (Lipinski definition) is 5. The van der Waals surface area contributed by atoms with Gasteiger partial charge in [-0.15, -0.1) is 0 Å². The molecule has 0 saturated heterocycles. The summed E-state index contributed by atoms with van der Waals surface area (Å²) < 4.78 is 1.02. The second-order valence-electron chi connectivity index (χ2n) is 3.89. The first kappa shape index (κ1) is 12.8. The van der Waals surface area contributed by atoms with Crippen LogP contribution in [0.15, 0.2) is 28.7 Å². The predicted octanol–water partition coefficient (Wildman–Crippen LogP) is 2.89. The van der Waals surface area contributed by atoms with Crippen molar-refractivity contribution in [2.24, 2.45) is 5.84 Å². The van der Waals surface area contributed by atoms with Crippen LogP contribution in [0.5, 0.6) is 0 Å². The number of anilines is 3. The lowest BCUT2D eigenvalue weighted by Gasteiger charge is -2.11. The molecule has 18 heavy (non-hydrogen) atoms. The van der Waals surface area contributed by atoms with Gasteiger partial charge in [0.25, 0.3) is 0 Å². The summed E-state index contributed by atoms with van der Waals surface area (Å²) in [4.78, 5) is 8.44. The Balaban J connectivity index is 2.34. The number of nitrogens with one attached hydrogen (secondary N) is 2. The summed E-state index contributed by atoms with van der Waals surface area (Å²) >= 11 is 3.55. The summed E-state index contributed by atoms with van der Waals surface area (Å²) in [5.41, 5.74) is 4.63. The van der Waals surface area contributed by atoms with E-state index in [1.54, 1.807) is 6.07 Å². The second-order valence-corrected chi connectivity index (χ2v) is 4.68. The Labute approximate surface area is 114 Å². The van der Waals surface area contributed by atoms with E-state index in [0.717, 1.165) is 15.7 Å². The summed E-state index contributed by atoms with van der Waals surface area (Å²) in [6.07, 6.45) is 0. The molecule has 0 radical (unpaired) electrons. The first-order valence-electron chi connectivity index (χ1n) is 5.44. The van der Waals surface area contributed by atoms with E-state index < -0.39 is 0 Å². The zero-order valence-corrected chi connectivity index (χ0v) is 11.7. The lowest BCUT2D eigenvalue weighted by atomic mass is 10.2. The molecule has 4 N–H and O–H groups in total. The summed E-state index contributed by atoms with van der Waals surface area (Å²) in [7, 11) is 0. The summed E-state index contributed by atoms with van der Waals surface area (Å²) in [5.74, 6) is 7.28. The first-order valence-corrected chi connectivity index (χ1v) is 6.24. The Morgan fingerprint density at radius 2 is 1.89 bits per heavy atom. The predicted molar refractivity (Wildman–Crippen MR) is 76.7 cm³/mol. The van der Waals surface area contributed by atoms with Crippen LogP contribution in [0.4, 0.5) is 17.3 Å². The van der Waals surface area contributed by atoms with Gasteiger partial charge in [0.05, 0.1) is 5.69 Å². The van der Waals surface area contributed by atoms with Crippen molar-refractivity contribution in [3.8, 4) is 0 Å². The highest BCUT2D eigenvalue weighted by Crippen LogP contribution is 2.28. The number of hydrazine groups is 1. The van der Waals surface area contributed by atoms with E-state index in [4.69, 9.17) is 5.84 Å². The average molecular weight is 308 g/mol. The zero-order chi connectivity index (χ0) is 13.1. The number of rotatable bonds is 3. The maximum Gasteiger partial charge on any atom is 0.145 e. The van der Waals surface area contributed by atoms with Gasteiger partial charge in [0.2, 0.25) is 0 Å². The van der Waals surface area contributed by atoms with E-state index in [9.17, 15) is 0 Å². The molecule has 5 nitrogen and oxygen atoms in total. The van der Waals surface area contributed by atoms with Gasteiger partial charge in [-0.2, -0.15) is 0 Å². The minimum Gasteiger partial charge on any atom is -0.339 e. The molecule has 6 heteroatoms. The van der Waals surface area contributed by atoms with Crippen molar-refractivity contribution in [3.05, 3.63) is 40.1 Å². The van der Waals surface area contributed by atoms with Gasteiger partial charge in [0.1, 0.15) is 17.5 Å². The SMILES string of the molecule is Cc1nc(NN)cc(Nc2cccc(C)c2Br)n1. The van der Waals surface area contributed by atoms with Crippen LogP contribution in [-0.4, -0.2) is 9.97 Å². The van der Waals surface area contributed by atoms with E-state index in [1.807, 2.05) is 32.0 Å². The Morgan fingerprint density at radius 1 is 1.17 bits per heavy atom. The van der Waals surface area contributed by atoms with Crippen molar-refractivity contribution in [2.75, 3.05) is 10.7 Å². The normalized spacial score (nSPS) is 10.2. The lowest BCUT2D eigenvalue weighted by Crippen LogP contribution is -2.10. The topological polar surface area (TPSA) is 75.9 Å². The van der Waals surface area contributed by atoms with Gasteiger partial charge in [0, 0.05) is 10.5 Å². The molecule has 0 spiro atoms. The van der Waals surface area contributed by atoms with E-state index in [-0.39, 0.29) is 0 Å². The van der Waals surface area contributed by atoms with Gasteiger partial charge in [-0.05, 0) is 41.4 Å². The highest BCUT2D eigenvalue weighted by molar-refractivity contribution is 9.10. The van der Waals surface area contributed by atoms with Crippen LogP contribution >= 0.6 is 15.9 Å². The van der Waals surface area contributed by atoms with Crippen molar-refractivity contribution in [1.29, 1.82) is 0 Å². The van der Waals surface area contributed by atoms with Gasteiger partial charge in [-0.3, -0.25) is 0 Å². The maximum absolute atomic E-state index is 5.36. The van der Waals surface area contributed by atoms with Crippen molar-refractivity contribution in [2.45, 2.75) is 13.8 Å². The molecule has 0 fully saturated rings. The molecule has 1 heterocycles. The second kappa shape index (κ2) is 5.32. The van der Waals surface area contributed by atoms with Crippen LogP contribution in [-0.2, 0) is 0 Å². The monoisotopic (exact) mass is 307 g/mol. The molecule has 0 atom stereocenters. The third-order valence-electron chi connectivity index (χ3n) is 2.44. The number of halogens is 1. The number of nitrogens with two attached hydrogens (primary N) is 1. The minimum atomic E-state index is 0.578. The van der Waals surface area contributed by atoms with Crippen LogP contribution < -0.4 is 16.6 Å². The van der Waals surface area contributed by atoms with Crippen molar-refractivity contribution < 1.29 is 0 Å². The number of aryl methyl sites for hydroxylation is 2. The van der Waals surface area contributed by atoms with Crippen molar-refractivity contribution in [1.82, 2.24) is 9.97 Å². The molecule has 0 bridgehead atoms. The number of nitrogen functional groups attached to an aromatic ring is 1. The first-order chi connectivity index (χ1) is 8.60. The maximum atomic E-state index is 5.36. The Kier molecular flexibility index (Phi) is 3.78. The van der Waals surface area contributed by atoms with E-state index in [2.05, 4.69) is 36.6 Å². The fourth-order valence-corrected chi connectivity index (χ4v) is 1.95. The smallest absolute Gasteiger partial charge is 0.145 e. The van der Waals surface area contributed by atoms with Crippen LogP contribution in [0.25, 0.3) is 0 Å². The Hall–Kier alpha value is -1.66.